The minimum absolute atomic E-state index is 0.0183. The van der Waals surface area contributed by atoms with Gasteiger partial charge in [0.05, 0.1) is 6.04 Å². The maximum atomic E-state index is 12.5. The lowest BCUT2D eigenvalue weighted by molar-refractivity contribution is -0.126. The maximum absolute atomic E-state index is 12.5. The molecule has 1 aliphatic carbocycles. The zero-order valence-corrected chi connectivity index (χ0v) is 12.6. The second kappa shape index (κ2) is 6.38. The third-order valence-electron chi connectivity index (χ3n) is 4.57. The normalized spacial score (nSPS) is 25.2. The molecule has 0 spiro atoms. The molecule has 1 heterocycles. The Labute approximate surface area is 130 Å². The molecular weight excluding hydrogens is 280 g/mol. The zero-order valence-electron chi connectivity index (χ0n) is 12.6. The van der Waals surface area contributed by atoms with Crippen LogP contribution in [0.4, 0.5) is 4.79 Å². The fourth-order valence-corrected chi connectivity index (χ4v) is 3.14. The summed E-state index contributed by atoms with van der Waals surface area (Å²) in [6.45, 7) is 0.490. The first-order valence-electron chi connectivity index (χ1n) is 8.00. The summed E-state index contributed by atoms with van der Waals surface area (Å²) in [6, 6.07) is 9.31. The Bertz CT molecular complexity index is 542. The molecule has 1 aromatic carbocycles. The summed E-state index contributed by atoms with van der Waals surface area (Å²) in [5, 5.41) is 12.5. The average Bonchev–Trinajstić information content (AvgIpc) is 3.33. The number of nitrogens with zero attached hydrogens (tertiary/aromatic N) is 1. The van der Waals surface area contributed by atoms with E-state index in [9.17, 15) is 14.7 Å². The van der Waals surface area contributed by atoms with Gasteiger partial charge in [0.15, 0.2) is 0 Å². The first kappa shape index (κ1) is 14.9. The lowest BCUT2D eigenvalue weighted by atomic mass is 10.0. The molecule has 1 saturated carbocycles. The van der Waals surface area contributed by atoms with Gasteiger partial charge < -0.3 is 10.4 Å². The Kier molecular flexibility index (Phi) is 4.32. The van der Waals surface area contributed by atoms with Gasteiger partial charge in [-0.2, -0.15) is 0 Å². The monoisotopic (exact) mass is 302 g/mol. The number of rotatable bonds is 4. The van der Waals surface area contributed by atoms with Crippen molar-refractivity contribution in [3.8, 4) is 0 Å². The number of hydrogen-bond donors (Lipinski definition) is 2. The van der Waals surface area contributed by atoms with Crippen molar-refractivity contribution in [3.63, 3.8) is 0 Å². The molecule has 3 rings (SSSR count). The van der Waals surface area contributed by atoms with Crippen molar-refractivity contribution < 1.29 is 14.7 Å². The Balaban J connectivity index is 1.71. The summed E-state index contributed by atoms with van der Waals surface area (Å²) in [6.07, 6.45) is 3.47. The number of benzene rings is 1. The molecule has 2 unspecified atom stereocenters. The van der Waals surface area contributed by atoms with E-state index in [4.69, 9.17) is 0 Å². The number of nitrogens with one attached hydrogen (secondary N) is 1. The molecule has 5 heteroatoms. The van der Waals surface area contributed by atoms with Crippen molar-refractivity contribution >= 4 is 12.0 Å². The van der Waals surface area contributed by atoms with E-state index in [1.807, 2.05) is 30.3 Å². The topological polar surface area (TPSA) is 69.6 Å². The molecule has 2 N–H and O–H groups in total. The predicted octanol–water partition coefficient (Wildman–Crippen LogP) is 2.79. The number of hydrogen-bond acceptors (Lipinski definition) is 2. The minimum atomic E-state index is -0.981. The van der Waals surface area contributed by atoms with E-state index in [-0.39, 0.29) is 11.9 Å². The summed E-state index contributed by atoms with van der Waals surface area (Å²) in [4.78, 5) is 25.4. The highest BCUT2D eigenvalue weighted by Crippen LogP contribution is 2.32. The fraction of sp³-hybridized carbons (Fsp3) is 0.529. The highest BCUT2D eigenvalue weighted by atomic mass is 16.4. The van der Waals surface area contributed by atoms with Crippen LogP contribution in [0.5, 0.6) is 0 Å². The van der Waals surface area contributed by atoms with Crippen LogP contribution in [0.25, 0.3) is 0 Å². The van der Waals surface area contributed by atoms with Gasteiger partial charge in [-0.1, -0.05) is 30.3 Å². The fourth-order valence-electron chi connectivity index (χ4n) is 3.14. The molecular formula is C17H22N2O3. The molecule has 5 nitrogen and oxygen atoms in total. The Morgan fingerprint density at radius 2 is 1.91 bits per heavy atom. The molecule has 2 fully saturated rings. The van der Waals surface area contributed by atoms with Crippen LogP contribution in [0.3, 0.4) is 0 Å². The Morgan fingerprint density at radius 3 is 2.55 bits per heavy atom. The zero-order chi connectivity index (χ0) is 15.5. The summed E-state index contributed by atoms with van der Waals surface area (Å²) >= 11 is 0. The average molecular weight is 302 g/mol. The maximum Gasteiger partial charge on any atom is 0.407 e. The van der Waals surface area contributed by atoms with E-state index >= 15 is 0 Å². The van der Waals surface area contributed by atoms with Crippen LogP contribution in [0.1, 0.15) is 43.7 Å². The first-order chi connectivity index (χ1) is 10.6. The molecule has 2 amide bonds. The van der Waals surface area contributed by atoms with E-state index in [0.717, 1.165) is 31.2 Å². The molecule has 1 aliphatic heterocycles. The summed E-state index contributed by atoms with van der Waals surface area (Å²) in [5.74, 6) is 0.284. The van der Waals surface area contributed by atoms with E-state index in [1.165, 1.54) is 4.90 Å². The third-order valence-corrected chi connectivity index (χ3v) is 4.57. The van der Waals surface area contributed by atoms with E-state index in [1.54, 1.807) is 0 Å². The number of amides is 2. The molecule has 2 aliphatic rings. The van der Waals surface area contributed by atoms with Gasteiger partial charge in [0, 0.05) is 6.54 Å². The van der Waals surface area contributed by atoms with Crippen molar-refractivity contribution in [3.05, 3.63) is 35.9 Å². The SMILES string of the molecule is O=C1NC(c2ccccc2)CCCC1N(CC1CC1)C(=O)O. The summed E-state index contributed by atoms with van der Waals surface area (Å²) < 4.78 is 0. The molecule has 0 radical (unpaired) electrons. The van der Waals surface area contributed by atoms with Gasteiger partial charge in [-0.3, -0.25) is 9.69 Å². The number of carbonyl (C=O) groups excluding carboxylic acids is 1. The van der Waals surface area contributed by atoms with Crippen molar-refractivity contribution in [1.29, 1.82) is 0 Å². The molecule has 2 atom stereocenters. The summed E-state index contributed by atoms with van der Waals surface area (Å²) in [7, 11) is 0. The second-order valence-corrected chi connectivity index (χ2v) is 6.30. The first-order valence-corrected chi connectivity index (χ1v) is 8.00. The predicted molar refractivity (Wildman–Crippen MR) is 82.4 cm³/mol. The lowest BCUT2D eigenvalue weighted by Gasteiger charge is -2.27. The van der Waals surface area contributed by atoms with Gasteiger partial charge in [-0.25, -0.2) is 4.79 Å². The Hall–Kier alpha value is -2.04. The molecule has 118 valence electrons. The van der Waals surface area contributed by atoms with E-state index < -0.39 is 12.1 Å². The number of carboxylic acid groups (broad SMARTS) is 1. The van der Waals surface area contributed by atoms with Crippen LogP contribution in [0.2, 0.25) is 0 Å². The Morgan fingerprint density at radius 1 is 1.18 bits per heavy atom. The molecule has 1 aromatic rings. The van der Waals surface area contributed by atoms with Gasteiger partial charge in [0.2, 0.25) is 5.91 Å². The second-order valence-electron chi connectivity index (χ2n) is 6.30. The van der Waals surface area contributed by atoms with Crippen molar-refractivity contribution in [2.45, 2.75) is 44.2 Å². The van der Waals surface area contributed by atoms with E-state index in [0.29, 0.717) is 18.9 Å². The van der Waals surface area contributed by atoms with Gasteiger partial charge in [0.1, 0.15) is 6.04 Å². The molecule has 0 aromatic heterocycles. The van der Waals surface area contributed by atoms with Crippen LogP contribution < -0.4 is 5.32 Å². The van der Waals surface area contributed by atoms with Crippen molar-refractivity contribution in [2.75, 3.05) is 6.54 Å². The van der Waals surface area contributed by atoms with E-state index in [2.05, 4.69) is 5.32 Å². The standard InChI is InChI=1S/C17H22N2O3/c20-16-15(19(17(21)22)11-12-9-10-12)8-4-7-14(18-16)13-5-2-1-3-6-13/h1-3,5-6,12,14-15H,4,7-11H2,(H,18,20)(H,21,22). The van der Waals surface area contributed by atoms with Crippen molar-refractivity contribution in [1.82, 2.24) is 10.2 Å². The highest BCUT2D eigenvalue weighted by Gasteiger charge is 2.36. The van der Waals surface area contributed by atoms with Gasteiger partial charge in [-0.05, 0) is 43.6 Å². The lowest BCUT2D eigenvalue weighted by Crippen LogP contribution is -2.49. The van der Waals surface area contributed by atoms with Gasteiger partial charge in [-0.15, -0.1) is 0 Å². The largest absolute Gasteiger partial charge is 0.465 e. The van der Waals surface area contributed by atoms with Gasteiger partial charge >= 0.3 is 6.09 Å². The molecule has 0 bridgehead atoms. The third kappa shape index (κ3) is 3.40. The minimum Gasteiger partial charge on any atom is -0.465 e. The quantitative estimate of drug-likeness (QED) is 0.898. The van der Waals surface area contributed by atoms with Crippen LogP contribution in [-0.2, 0) is 4.79 Å². The summed E-state index contributed by atoms with van der Waals surface area (Å²) in [5.41, 5.74) is 1.08. The highest BCUT2D eigenvalue weighted by molar-refractivity contribution is 5.85. The van der Waals surface area contributed by atoms with Crippen molar-refractivity contribution in [2.24, 2.45) is 5.92 Å². The van der Waals surface area contributed by atoms with Crippen LogP contribution in [0, 0.1) is 5.92 Å². The van der Waals surface area contributed by atoms with Crippen LogP contribution in [0.15, 0.2) is 30.3 Å². The smallest absolute Gasteiger partial charge is 0.407 e. The number of carbonyl (C=O) groups is 2. The molecule has 22 heavy (non-hydrogen) atoms. The van der Waals surface area contributed by atoms with Crippen LogP contribution >= 0.6 is 0 Å². The van der Waals surface area contributed by atoms with Crippen LogP contribution in [-0.4, -0.2) is 34.6 Å². The molecule has 1 saturated heterocycles. The van der Waals surface area contributed by atoms with Gasteiger partial charge in [0.25, 0.3) is 0 Å².